The number of aliphatic imine (C=N–C) groups is 1. The molecule has 0 aliphatic carbocycles. The number of piperidine rings is 1. The Labute approximate surface area is 146 Å². The third-order valence-corrected chi connectivity index (χ3v) is 5.13. The molecule has 2 heterocycles. The summed E-state index contributed by atoms with van der Waals surface area (Å²) in [4.78, 5) is 11.7. The molecular formula is C19H31N5. The number of rotatable bonds is 4. The smallest absolute Gasteiger partial charge is 0.191 e. The van der Waals surface area contributed by atoms with Crippen LogP contribution in [0, 0.1) is 0 Å². The number of nitrogens with two attached hydrogens (primary N) is 1. The molecule has 5 nitrogen and oxygen atoms in total. The first kappa shape index (κ1) is 17.2. The van der Waals surface area contributed by atoms with Crippen molar-refractivity contribution in [3.05, 3.63) is 35.4 Å². The second kappa shape index (κ2) is 8.49. The number of benzene rings is 1. The standard InChI is InChI=1S/C19H31N5/c1-22-11-13-23(14-12-22)16-18-7-5-17(6-8-18)15-21-19(20)24-9-3-2-4-10-24/h5-8H,2-4,9-16H2,1H3,(H2,20,21). The van der Waals surface area contributed by atoms with E-state index in [4.69, 9.17) is 5.73 Å². The zero-order chi connectivity index (χ0) is 16.8. The summed E-state index contributed by atoms with van der Waals surface area (Å²) in [6, 6.07) is 8.86. The number of hydrogen-bond acceptors (Lipinski definition) is 3. The minimum atomic E-state index is 0.678. The maximum absolute atomic E-state index is 6.13. The lowest BCUT2D eigenvalue weighted by Gasteiger charge is -2.32. The molecule has 0 unspecified atom stereocenters. The van der Waals surface area contributed by atoms with Crippen molar-refractivity contribution in [3.63, 3.8) is 0 Å². The van der Waals surface area contributed by atoms with Crippen LogP contribution in [0.5, 0.6) is 0 Å². The maximum atomic E-state index is 6.13. The summed E-state index contributed by atoms with van der Waals surface area (Å²) in [5.74, 6) is 0.705. The van der Waals surface area contributed by atoms with Gasteiger partial charge in [-0.2, -0.15) is 0 Å². The summed E-state index contributed by atoms with van der Waals surface area (Å²) in [5.41, 5.74) is 8.75. The monoisotopic (exact) mass is 329 g/mol. The van der Waals surface area contributed by atoms with Crippen LogP contribution < -0.4 is 5.73 Å². The average Bonchev–Trinajstić information content (AvgIpc) is 2.63. The van der Waals surface area contributed by atoms with E-state index in [0.717, 1.165) is 32.7 Å². The molecule has 2 aliphatic heterocycles. The molecule has 0 spiro atoms. The first-order valence-electron chi connectivity index (χ1n) is 9.24. The Morgan fingerprint density at radius 3 is 2.21 bits per heavy atom. The minimum Gasteiger partial charge on any atom is -0.370 e. The number of likely N-dealkylation sites (N-methyl/N-ethyl adjacent to an activating group) is 1. The number of nitrogens with zero attached hydrogens (tertiary/aromatic N) is 4. The average molecular weight is 329 g/mol. The van der Waals surface area contributed by atoms with Gasteiger partial charge in [-0.3, -0.25) is 4.90 Å². The second-order valence-corrected chi connectivity index (χ2v) is 7.12. The van der Waals surface area contributed by atoms with E-state index in [1.807, 2.05) is 0 Å². The highest BCUT2D eigenvalue weighted by molar-refractivity contribution is 5.78. The Balaban J connectivity index is 1.49. The van der Waals surface area contributed by atoms with Crippen LogP contribution in [0.15, 0.2) is 29.3 Å². The lowest BCUT2D eigenvalue weighted by Crippen LogP contribution is -2.43. The third kappa shape index (κ3) is 4.95. The predicted octanol–water partition coefficient (Wildman–Crippen LogP) is 1.73. The van der Waals surface area contributed by atoms with Crippen molar-refractivity contribution in [3.8, 4) is 0 Å². The molecule has 132 valence electrons. The Hall–Kier alpha value is -1.59. The van der Waals surface area contributed by atoms with Crippen molar-refractivity contribution in [2.75, 3.05) is 46.3 Å². The van der Waals surface area contributed by atoms with Gasteiger partial charge < -0.3 is 15.5 Å². The molecule has 0 saturated carbocycles. The van der Waals surface area contributed by atoms with E-state index in [0.29, 0.717) is 12.5 Å². The van der Waals surface area contributed by atoms with Crippen LogP contribution >= 0.6 is 0 Å². The van der Waals surface area contributed by atoms with Gasteiger partial charge in [0.15, 0.2) is 5.96 Å². The van der Waals surface area contributed by atoms with Crippen molar-refractivity contribution in [2.24, 2.45) is 10.7 Å². The molecule has 2 fully saturated rings. The van der Waals surface area contributed by atoms with Crippen LogP contribution in [0.1, 0.15) is 30.4 Å². The number of piperazine rings is 1. The zero-order valence-electron chi connectivity index (χ0n) is 15.0. The van der Waals surface area contributed by atoms with Crippen molar-refractivity contribution in [2.45, 2.75) is 32.4 Å². The molecular weight excluding hydrogens is 298 g/mol. The SMILES string of the molecule is CN1CCN(Cc2ccc(CN=C(N)N3CCCCC3)cc2)CC1. The topological polar surface area (TPSA) is 48.1 Å². The van der Waals surface area contributed by atoms with Crippen molar-refractivity contribution in [1.82, 2.24) is 14.7 Å². The molecule has 5 heteroatoms. The molecule has 0 aromatic heterocycles. The van der Waals surface area contributed by atoms with E-state index in [-0.39, 0.29) is 0 Å². The van der Waals surface area contributed by atoms with E-state index in [9.17, 15) is 0 Å². The van der Waals surface area contributed by atoms with Gasteiger partial charge in [0, 0.05) is 45.8 Å². The Bertz CT molecular complexity index is 525. The van der Waals surface area contributed by atoms with Crippen molar-refractivity contribution in [1.29, 1.82) is 0 Å². The highest BCUT2D eigenvalue weighted by Crippen LogP contribution is 2.11. The lowest BCUT2D eigenvalue weighted by atomic mass is 10.1. The first-order chi connectivity index (χ1) is 11.7. The van der Waals surface area contributed by atoms with E-state index in [2.05, 4.69) is 51.0 Å². The molecule has 2 saturated heterocycles. The molecule has 0 amide bonds. The van der Waals surface area contributed by atoms with Crippen molar-refractivity contribution >= 4 is 5.96 Å². The number of hydrogen-bond donors (Lipinski definition) is 1. The van der Waals surface area contributed by atoms with Crippen LogP contribution in [0.2, 0.25) is 0 Å². The molecule has 2 aliphatic rings. The summed E-state index contributed by atoms with van der Waals surface area (Å²) in [5, 5.41) is 0. The van der Waals surface area contributed by atoms with Gasteiger partial charge in [0.05, 0.1) is 6.54 Å². The van der Waals surface area contributed by atoms with E-state index in [1.165, 1.54) is 43.5 Å². The van der Waals surface area contributed by atoms with Gasteiger partial charge >= 0.3 is 0 Å². The van der Waals surface area contributed by atoms with E-state index < -0.39 is 0 Å². The molecule has 2 N–H and O–H groups in total. The Kier molecular flexibility index (Phi) is 6.10. The van der Waals surface area contributed by atoms with Crippen LogP contribution in [-0.4, -0.2) is 67.0 Å². The first-order valence-corrected chi connectivity index (χ1v) is 9.24. The quantitative estimate of drug-likeness (QED) is 0.675. The Morgan fingerprint density at radius 2 is 1.54 bits per heavy atom. The molecule has 0 bridgehead atoms. The summed E-state index contributed by atoms with van der Waals surface area (Å²) in [6.07, 6.45) is 3.78. The fourth-order valence-corrected chi connectivity index (χ4v) is 3.41. The van der Waals surface area contributed by atoms with Gasteiger partial charge in [0.25, 0.3) is 0 Å². The predicted molar refractivity (Wildman–Crippen MR) is 100.0 cm³/mol. The summed E-state index contributed by atoms with van der Waals surface area (Å²) in [6.45, 7) is 8.50. The zero-order valence-corrected chi connectivity index (χ0v) is 15.0. The number of guanidine groups is 1. The fourth-order valence-electron chi connectivity index (χ4n) is 3.41. The van der Waals surface area contributed by atoms with Gasteiger partial charge in [-0.25, -0.2) is 4.99 Å². The second-order valence-electron chi connectivity index (χ2n) is 7.12. The van der Waals surface area contributed by atoms with Crippen molar-refractivity contribution < 1.29 is 0 Å². The maximum Gasteiger partial charge on any atom is 0.191 e. The molecule has 3 rings (SSSR count). The summed E-state index contributed by atoms with van der Waals surface area (Å²) in [7, 11) is 2.20. The summed E-state index contributed by atoms with van der Waals surface area (Å²) < 4.78 is 0. The van der Waals surface area contributed by atoms with Crippen LogP contribution in [0.4, 0.5) is 0 Å². The molecule has 0 radical (unpaired) electrons. The molecule has 24 heavy (non-hydrogen) atoms. The minimum absolute atomic E-state index is 0.678. The van der Waals surface area contributed by atoms with Crippen LogP contribution in [0.25, 0.3) is 0 Å². The van der Waals surface area contributed by atoms with Gasteiger partial charge in [0.2, 0.25) is 0 Å². The van der Waals surface area contributed by atoms with Crippen LogP contribution in [0.3, 0.4) is 0 Å². The third-order valence-electron chi connectivity index (χ3n) is 5.13. The molecule has 1 aromatic carbocycles. The van der Waals surface area contributed by atoms with Gasteiger partial charge in [-0.15, -0.1) is 0 Å². The summed E-state index contributed by atoms with van der Waals surface area (Å²) >= 11 is 0. The largest absolute Gasteiger partial charge is 0.370 e. The fraction of sp³-hybridized carbons (Fsp3) is 0.632. The van der Waals surface area contributed by atoms with Gasteiger partial charge in [-0.05, 0) is 37.4 Å². The molecule has 0 atom stereocenters. The van der Waals surface area contributed by atoms with E-state index in [1.54, 1.807) is 0 Å². The van der Waals surface area contributed by atoms with Gasteiger partial charge in [0.1, 0.15) is 0 Å². The molecule has 1 aromatic rings. The normalized spacial score (nSPS) is 21.2. The lowest BCUT2D eigenvalue weighted by molar-refractivity contribution is 0.148. The van der Waals surface area contributed by atoms with Gasteiger partial charge in [-0.1, -0.05) is 24.3 Å². The van der Waals surface area contributed by atoms with E-state index >= 15 is 0 Å². The Morgan fingerprint density at radius 1 is 0.917 bits per heavy atom. The highest BCUT2D eigenvalue weighted by Gasteiger charge is 2.14. The highest BCUT2D eigenvalue weighted by atomic mass is 15.3. The number of likely N-dealkylation sites (tertiary alicyclic amines) is 1. The van der Waals surface area contributed by atoms with Crippen LogP contribution in [-0.2, 0) is 13.1 Å².